The number of fused-ring (bicyclic) bond motifs is 1. The summed E-state index contributed by atoms with van der Waals surface area (Å²) in [6, 6.07) is 14.8. The van der Waals surface area contributed by atoms with E-state index in [2.05, 4.69) is 20.6 Å². The Labute approximate surface area is 158 Å². The van der Waals surface area contributed by atoms with Gasteiger partial charge in [-0.25, -0.2) is 9.97 Å². The van der Waals surface area contributed by atoms with E-state index in [4.69, 9.17) is 0 Å². The van der Waals surface area contributed by atoms with Gasteiger partial charge < -0.3 is 10.6 Å². The molecule has 2 amide bonds. The molecule has 0 aliphatic carbocycles. The van der Waals surface area contributed by atoms with Crippen molar-refractivity contribution in [1.29, 1.82) is 0 Å². The number of carbonyl (C=O) groups excluding carboxylic acids is 2. The number of benzene rings is 2. The van der Waals surface area contributed by atoms with Gasteiger partial charge in [0.05, 0.1) is 28.8 Å². The van der Waals surface area contributed by atoms with Crippen LogP contribution in [0.2, 0.25) is 0 Å². The molecule has 0 aliphatic heterocycles. The fourth-order valence-electron chi connectivity index (χ4n) is 2.70. The topological polar surface area (TPSA) is 84.0 Å². The van der Waals surface area contributed by atoms with E-state index in [0.717, 1.165) is 22.5 Å². The van der Waals surface area contributed by atoms with Crippen molar-refractivity contribution in [3.05, 3.63) is 71.0 Å². The lowest BCUT2D eigenvalue weighted by Gasteiger charge is -2.08. The van der Waals surface area contributed by atoms with E-state index in [1.54, 1.807) is 18.2 Å². The van der Waals surface area contributed by atoms with Crippen LogP contribution in [0, 0.1) is 13.8 Å². The predicted octanol–water partition coefficient (Wildman–Crippen LogP) is 2.34. The van der Waals surface area contributed by atoms with Crippen LogP contribution in [0.5, 0.6) is 0 Å². The van der Waals surface area contributed by atoms with Crippen molar-refractivity contribution in [3.63, 3.8) is 0 Å². The Kier molecular flexibility index (Phi) is 5.76. The molecule has 0 unspecified atom stereocenters. The van der Waals surface area contributed by atoms with Gasteiger partial charge in [-0.1, -0.05) is 30.3 Å². The van der Waals surface area contributed by atoms with Crippen LogP contribution in [-0.4, -0.2) is 34.9 Å². The molecule has 2 N–H and O–H groups in total. The van der Waals surface area contributed by atoms with E-state index >= 15 is 0 Å². The highest BCUT2D eigenvalue weighted by Crippen LogP contribution is 2.14. The summed E-state index contributed by atoms with van der Waals surface area (Å²) in [4.78, 5) is 33.1. The quantitative estimate of drug-likeness (QED) is 0.659. The molecular formula is C21H22N4O2. The fourth-order valence-corrected chi connectivity index (χ4v) is 2.70. The molecule has 0 spiro atoms. The Morgan fingerprint density at radius 3 is 2.26 bits per heavy atom. The molecule has 0 saturated heterocycles. The van der Waals surface area contributed by atoms with E-state index in [-0.39, 0.29) is 11.8 Å². The molecule has 6 heteroatoms. The van der Waals surface area contributed by atoms with Crippen molar-refractivity contribution in [2.45, 2.75) is 20.3 Å². The van der Waals surface area contributed by atoms with Crippen molar-refractivity contribution in [2.24, 2.45) is 0 Å². The molecule has 1 aromatic heterocycles. The molecule has 27 heavy (non-hydrogen) atoms. The van der Waals surface area contributed by atoms with E-state index in [9.17, 15) is 9.59 Å². The highest BCUT2D eigenvalue weighted by atomic mass is 16.2. The fraction of sp³-hybridized carbons (Fsp3) is 0.238. The number of hydrogen-bond acceptors (Lipinski definition) is 4. The molecule has 0 aliphatic rings. The van der Waals surface area contributed by atoms with Crippen molar-refractivity contribution in [1.82, 2.24) is 20.6 Å². The lowest BCUT2D eigenvalue weighted by molar-refractivity contribution is -0.120. The number of nitrogens with one attached hydrogen (secondary N) is 2. The molecule has 1 heterocycles. The van der Waals surface area contributed by atoms with Crippen LogP contribution in [0.4, 0.5) is 0 Å². The van der Waals surface area contributed by atoms with E-state index in [1.807, 2.05) is 44.2 Å². The van der Waals surface area contributed by atoms with Crippen LogP contribution in [0.25, 0.3) is 11.0 Å². The molecule has 6 nitrogen and oxygen atoms in total. The highest BCUT2D eigenvalue weighted by Gasteiger charge is 2.09. The minimum atomic E-state index is -0.200. The smallest absolute Gasteiger partial charge is 0.251 e. The maximum Gasteiger partial charge on any atom is 0.251 e. The first-order valence-corrected chi connectivity index (χ1v) is 8.87. The maximum absolute atomic E-state index is 12.3. The highest BCUT2D eigenvalue weighted by molar-refractivity contribution is 5.97. The maximum atomic E-state index is 12.3. The number of aryl methyl sites for hydroxylation is 2. The van der Waals surface area contributed by atoms with Gasteiger partial charge in [-0.3, -0.25) is 9.59 Å². The minimum absolute atomic E-state index is 0.0673. The zero-order valence-corrected chi connectivity index (χ0v) is 15.5. The summed E-state index contributed by atoms with van der Waals surface area (Å²) in [5, 5.41) is 5.61. The van der Waals surface area contributed by atoms with Gasteiger partial charge in [-0.05, 0) is 37.6 Å². The largest absolute Gasteiger partial charge is 0.354 e. The molecule has 0 atom stereocenters. The van der Waals surface area contributed by atoms with Crippen molar-refractivity contribution in [2.75, 3.05) is 13.1 Å². The predicted molar refractivity (Wildman–Crippen MR) is 105 cm³/mol. The van der Waals surface area contributed by atoms with Crippen LogP contribution >= 0.6 is 0 Å². The zero-order valence-electron chi connectivity index (χ0n) is 15.5. The summed E-state index contributed by atoms with van der Waals surface area (Å²) in [5.41, 5.74) is 4.68. The molecule has 0 bridgehead atoms. The van der Waals surface area contributed by atoms with Crippen molar-refractivity contribution in [3.8, 4) is 0 Å². The van der Waals surface area contributed by atoms with Gasteiger partial charge in [0.2, 0.25) is 5.91 Å². The second-order valence-electron chi connectivity index (χ2n) is 6.37. The summed E-state index contributed by atoms with van der Waals surface area (Å²) < 4.78 is 0. The molecule has 0 radical (unpaired) electrons. The molecule has 0 fully saturated rings. The molecule has 138 valence electrons. The van der Waals surface area contributed by atoms with E-state index in [0.29, 0.717) is 30.6 Å². The lowest BCUT2D eigenvalue weighted by Crippen LogP contribution is -2.35. The summed E-state index contributed by atoms with van der Waals surface area (Å²) in [6.45, 7) is 4.54. The van der Waals surface area contributed by atoms with Gasteiger partial charge >= 0.3 is 0 Å². The lowest BCUT2D eigenvalue weighted by atomic mass is 10.1. The third-order valence-electron chi connectivity index (χ3n) is 4.28. The van der Waals surface area contributed by atoms with Crippen LogP contribution in [0.15, 0.2) is 48.5 Å². The minimum Gasteiger partial charge on any atom is -0.354 e. The summed E-state index contributed by atoms with van der Waals surface area (Å²) in [5.74, 6) is -0.267. The van der Waals surface area contributed by atoms with Gasteiger partial charge in [0.1, 0.15) is 0 Å². The number of hydrogen-bond donors (Lipinski definition) is 2. The van der Waals surface area contributed by atoms with Gasteiger partial charge in [0, 0.05) is 18.7 Å². The Morgan fingerprint density at radius 1 is 0.852 bits per heavy atom. The van der Waals surface area contributed by atoms with Crippen LogP contribution in [-0.2, 0) is 11.2 Å². The second kappa shape index (κ2) is 8.40. The van der Waals surface area contributed by atoms with E-state index < -0.39 is 0 Å². The Hall–Kier alpha value is -3.28. The number of rotatable bonds is 6. The summed E-state index contributed by atoms with van der Waals surface area (Å²) >= 11 is 0. The Balaban J connectivity index is 1.50. The normalized spacial score (nSPS) is 10.6. The monoisotopic (exact) mass is 362 g/mol. The number of carbonyl (C=O) groups is 2. The van der Waals surface area contributed by atoms with Crippen molar-refractivity contribution >= 4 is 22.8 Å². The second-order valence-corrected chi connectivity index (χ2v) is 6.37. The Morgan fingerprint density at radius 2 is 1.52 bits per heavy atom. The summed E-state index contributed by atoms with van der Waals surface area (Å²) in [7, 11) is 0. The average molecular weight is 362 g/mol. The standard InChI is InChI=1S/C21H22N4O2/c1-14-15(2)25-19-13-17(8-9-18(19)24-14)21(27)23-11-10-22-20(26)12-16-6-4-3-5-7-16/h3-9,13H,10-12H2,1-2H3,(H,22,26)(H,23,27). The molecule has 3 aromatic rings. The van der Waals surface area contributed by atoms with Crippen molar-refractivity contribution < 1.29 is 9.59 Å². The molecule has 0 saturated carbocycles. The van der Waals surface area contributed by atoms with Gasteiger partial charge in [-0.2, -0.15) is 0 Å². The van der Waals surface area contributed by atoms with E-state index in [1.165, 1.54) is 0 Å². The first-order valence-electron chi connectivity index (χ1n) is 8.87. The first-order chi connectivity index (χ1) is 13.0. The summed E-state index contributed by atoms with van der Waals surface area (Å²) in [6.07, 6.45) is 0.330. The van der Waals surface area contributed by atoms with Crippen LogP contribution < -0.4 is 10.6 Å². The molecule has 3 rings (SSSR count). The number of nitrogens with zero attached hydrogens (tertiary/aromatic N) is 2. The van der Waals surface area contributed by atoms with Crippen LogP contribution in [0.3, 0.4) is 0 Å². The number of amides is 2. The first kappa shape index (κ1) is 18.5. The third kappa shape index (κ3) is 4.88. The Bertz CT molecular complexity index is 971. The average Bonchev–Trinajstić information content (AvgIpc) is 2.66. The van der Waals surface area contributed by atoms with Gasteiger partial charge in [0.15, 0.2) is 0 Å². The van der Waals surface area contributed by atoms with Gasteiger partial charge in [-0.15, -0.1) is 0 Å². The molecule has 2 aromatic carbocycles. The van der Waals surface area contributed by atoms with Crippen LogP contribution in [0.1, 0.15) is 27.3 Å². The zero-order chi connectivity index (χ0) is 19.2. The third-order valence-corrected chi connectivity index (χ3v) is 4.28. The molecular weight excluding hydrogens is 340 g/mol. The SMILES string of the molecule is Cc1nc2ccc(C(=O)NCCNC(=O)Cc3ccccc3)cc2nc1C. The van der Waals surface area contributed by atoms with Gasteiger partial charge in [0.25, 0.3) is 5.91 Å². The number of aromatic nitrogens is 2.